The molecule has 1 aliphatic rings. The topological polar surface area (TPSA) is 101 Å². The summed E-state index contributed by atoms with van der Waals surface area (Å²) in [4.78, 5) is 20.5. The van der Waals surface area contributed by atoms with E-state index in [1.807, 2.05) is 12.3 Å². The zero-order valence-electron chi connectivity index (χ0n) is 13.7. The van der Waals surface area contributed by atoms with Gasteiger partial charge in [0.15, 0.2) is 0 Å². The number of thiazole rings is 1. The maximum absolute atomic E-state index is 12.4. The minimum atomic E-state index is -3.70. The van der Waals surface area contributed by atoms with E-state index in [9.17, 15) is 13.2 Å². The number of aromatic nitrogens is 1. The molecule has 0 saturated heterocycles. The summed E-state index contributed by atoms with van der Waals surface area (Å²) in [5.74, 6) is 0.237. The van der Waals surface area contributed by atoms with Crippen molar-refractivity contribution in [3.05, 3.63) is 40.3 Å². The highest BCUT2D eigenvalue weighted by Crippen LogP contribution is 2.17. The smallest absolute Gasteiger partial charge is 0.262 e. The Kier molecular flexibility index (Phi) is 5.14. The Bertz CT molecular complexity index is 919. The Labute approximate surface area is 150 Å². The minimum Gasteiger partial charge on any atom is -0.326 e. The van der Waals surface area contributed by atoms with E-state index in [1.54, 1.807) is 12.1 Å². The van der Waals surface area contributed by atoms with Gasteiger partial charge in [-0.2, -0.15) is 0 Å². The van der Waals surface area contributed by atoms with E-state index in [2.05, 4.69) is 20.0 Å². The molecule has 0 bridgehead atoms. The van der Waals surface area contributed by atoms with Crippen LogP contribution in [0.4, 0.5) is 5.69 Å². The maximum atomic E-state index is 12.4. The van der Waals surface area contributed by atoms with Crippen LogP contribution in [-0.4, -0.2) is 31.7 Å². The molecule has 0 aliphatic carbocycles. The lowest BCUT2D eigenvalue weighted by Crippen LogP contribution is -2.29. The van der Waals surface area contributed by atoms with Crippen LogP contribution in [-0.2, 0) is 21.2 Å². The Balaban J connectivity index is 1.69. The first-order valence-corrected chi connectivity index (χ1v) is 10.2. The zero-order valence-corrected chi connectivity index (χ0v) is 15.3. The van der Waals surface area contributed by atoms with Crippen molar-refractivity contribution in [2.45, 2.75) is 31.1 Å². The van der Waals surface area contributed by atoms with Crippen LogP contribution in [0.3, 0.4) is 0 Å². The molecule has 0 spiro atoms. The summed E-state index contributed by atoms with van der Waals surface area (Å²) in [5.41, 5.74) is 1.12. The fourth-order valence-electron chi connectivity index (χ4n) is 2.44. The van der Waals surface area contributed by atoms with E-state index in [0.717, 1.165) is 11.4 Å². The second kappa shape index (κ2) is 7.32. The lowest BCUT2D eigenvalue weighted by Gasteiger charge is -2.10. The third-order valence-corrected chi connectivity index (χ3v) is 5.76. The third-order valence-electron chi connectivity index (χ3n) is 3.56. The van der Waals surface area contributed by atoms with Crippen LogP contribution >= 0.6 is 11.3 Å². The van der Waals surface area contributed by atoms with E-state index in [-0.39, 0.29) is 17.2 Å². The fourth-order valence-corrected chi connectivity index (χ4v) is 4.18. The van der Waals surface area contributed by atoms with Crippen LogP contribution in [0.2, 0.25) is 0 Å². The lowest BCUT2D eigenvalue weighted by atomic mass is 10.3. The number of aliphatic imine (C=N–C) groups is 1. The predicted molar refractivity (Wildman–Crippen MR) is 97.5 cm³/mol. The quantitative estimate of drug-likeness (QED) is 0.832. The number of benzene rings is 1. The number of amides is 1. The molecule has 3 rings (SSSR count). The van der Waals surface area contributed by atoms with Crippen LogP contribution in [0.1, 0.15) is 23.5 Å². The highest BCUT2D eigenvalue weighted by molar-refractivity contribution is 7.90. The number of sulfonamides is 1. The minimum absolute atomic E-state index is 0.0874. The number of nitrogens with zero attached hydrogens (tertiary/aromatic N) is 2. The van der Waals surface area contributed by atoms with Gasteiger partial charge in [-0.1, -0.05) is 6.07 Å². The number of rotatable bonds is 5. The van der Waals surface area contributed by atoms with Crippen molar-refractivity contribution in [3.8, 4) is 0 Å². The van der Waals surface area contributed by atoms with Gasteiger partial charge in [0.05, 0.1) is 22.0 Å². The van der Waals surface area contributed by atoms with Crippen LogP contribution in [0.25, 0.3) is 0 Å². The molecule has 1 aromatic carbocycles. The highest BCUT2D eigenvalue weighted by atomic mass is 32.2. The first-order valence-electron chi connectivity index (χ1n) is 7.79. The summed E-state index contributed by atoms with van der Waals surface area (Å²) >= 11 is 1.48. The van der Waals surface area contributed by atoms with Crippen LogP contribution < -0.4 is 10.0 Å². The normalized spacial score (nSPS) is 14.2. The summed E-state index contributed by atoms with van der Waals surface area (Å²) in [5, 5.41) is 5.44. The number of carbonyl (C=O) groups is 1. The summed E-state index contributed by atoms with van der Waals surface area (Å²) < 4.78 is 27.3. The average molecular weight is 378 g/mol. The van der Waals surface area contributed by atoms with Gasteiger partial charge in [-0.15, -0.1) is 11.3 Å². The van der Waals surface area contributed by atoms with Crippen LogP contribution in [0, 0.1) is 6.92 Å². The summed E-state index contributed by atoms with van der Waals surface area (Å²) in [6.07, 6.45) is 1.63. The summed E-state index contributed by atoms with van der Waals surface area (Å²) in [6.45, 7) is 2.52. The molecule has 132 valence electrons. The molecule has 0 atom stereocenters. The van der Waals surface area contributed by atoms with Gasteiger partial charge in [0.1, 0.15) is 5.84 Å². The third kappa shape index (κ3) is 4.64. The Morgan fingerprint density at radius 3 is 2.88 bits per heavy atom. The molecule has 2 aromatic rings. The van der Waals surface area contributed by atoms with E-state index < -0.39 is 10.0 Å². The number of anilines is 1. The van der Waals surface area contributed by atoms with Gasteiger partial charge >= 0.3 is 0 Å². The SMILES string of the molecule is Cc1nc(CC(=O)Nc2cccc(S(=O)(=O)NC3=NCCC3)c2)cs1. The molecule has 1 aromatic heterocycles. The molecule has 0 unspecified atom stereocenters. The molecule has 1 amide bonds. The molecular formula is C16H18N4O3S2. The van der Waals surface area contributed by atoms with Crippen molar-refractivity contribution in [1.29, 1.82) is 0 Å². The molecule has 0 radical (unpaired) electrons. The molecular weight excluding hydrogens is 360 g/mol. The maximum Gasteiger partial charge on any atom is 0.262 e. The molecule has 1 aliphatic heterocycles. The number of hydrogen-bond acceptors (Lipinski definition) is 6. The number of carbonyl (C=O) groups excluding carboxylic acids is 1. The Morgan fingerprint density at radius 1 is 1.36 bits per heavy atom. The van der Waals surface area contributed by atoms with Crippen molar-refractivity contribution >= 4 is 38.8 Å². The second-order valence-electron chi connectivity index (χ2n) is 5.65. The van der Waals surface area contributed by atoms with Crippen molar-refractivity contribution < 1.29 is 13.2 Å². The summed E-state index contributed by atoms with van der Waals surface area (Å²) in [6, 6.07) is 6.16. The average Bonchev–Trinajstić information content (AvgIpc) is 3.19. The number of amidine groups is 1. The molecule has 2 heterocycles. The first kappa shape index (κ1) is 17.6. The number of nitrogens with one attached hydrogen (secondary N) is 2. The largest absolute Gasteiger partial charge is 0.326 e. The Hall–Kier alpha value is -2.26. The Morgan fingerprint density at radius 2 is 2.20 bits per heavy atom. The number of hydrogen-bond donors (Lipinski definition) is 2. The monoisotopic (exact) mass is 378 g/mol. The molecule has 9 heteroatoms. The van der Waals surface area contributed by atoms with E-state index in [0.29, 0.717) is 30.2 Å². The van der Waals surface area contributed by atoms with E-state index >= 15 is 0 Å². The zero-order chi connectivity index (χ0) is 17.9. The fraction of sp³-hybridized carbons (Fsp3) is 0.312. The lowest BCUT2D eigenvalue weighted by molar-refractivity contribution is -0.115. The molecule has 7 nitrogen and oxygen atoms in total. The predicted octanol–water partition coefficient (Wildman–Crippen LogP) is 2.10. The van der Waals surface area contributed by atoms with Gasteiger partial charge in [0.2, 0.25) is 5.91 Å². The highest BCUT2D eigenvalue weighted by Gasteiger charge is 2.18. The number of aryl methyl sites for hydroxylation is 1. The molecule has 25 heavy (non-hydrogen) atoms. The van der Waals surface area contributed by atoms with Crippen LogP contribution in [0.15, 0.2) is 39.5 Å². The standard InChI is InChI=1S/C16H18N4O3S2/c1-11-18-13(10-24-11)9-16(21)19-12-4-2-5-14(8-12)25(22,23)20-15-6-3-7-17-15/h2,4-5,8,10H,3,6-7,9H2,1H3,(H,17,20)(H,19,21). The van der Waals surface area contributed by atoms with Gasteiger partial charge in [0, 0.05) is 24.0 Å². The van der Waals surface area contributed by atoms with Gasteiger partial charge < -0.3 is 5.32 Å². The van der Waals surface area contributed by atoms with E-state index in [4.69, 9.17) is 0 Å². The summed E-state index contributed by atoms with van der Waals surface area (Å²) in [7, 11) is -3.70. The second-order valence-corrected chi connectivity index (χ2v) is 8.39. The van der Waals surface area contributed by atoms with Crippen molar-refractivity contribution in [1.82, 2.24) is 9.71 Å². The van der Waals surface area contributed by atoms with Crippen LogP contribution in [0.5, 0.6) is 0 Å². The molecule has 2 N–H and O–H groups in total. The molecule has 0 saturated carbocycles. The van der Waals surface area contributed by atoms with Gasteiger partial charge in [0.25, 0.3) is 10.0 Å². The van der Waals surface area contributed by atoms with Crippen molar-refractivity contribution in [2.24, 2.45) is 4.99 Å². The van der Waals surface area contributed by atoms with E-state index in [1.165, 1.54) is 23.5 Å². The van der Waals surface area contributed by atoms with Gasteiger partial charge in [-0.05, 0) is 31.5 Å². The van der Waals surface area contributed by atoms with Crippen molar-refractivity contribution in [2.75, 3.05) is 11.9 Å². The van der Waals surface area contributed by atoms with Gasteiger partial charge in [-0.3, -0.25) is 14.5 Å². The molecule has 0 fully saturated rings. The van der Waals surface area contributed by atoms with Crippen molar-refractivity contribution in [3.63, 3.8) is 0 Å². The first-order chi connectivity index (χ1) is 11.9. The van der Waals surface area contributed by atoms with Gasteiger partial charge in [-0.25, -0.2) is 13.4 Å².